The zero-order valence-corrected chi connectivity index (χ0v) is 24.1. The predicted octanol–water partition coefficient (Wildman–Crippen LogP) is 6.21. The Kier molecular flexibility index (Phi) is 7.83. The second-order valence-electron chi connectivity index (χ2n) is 11.0. The van der Waals surface area contributed by atoms with Gasteiger partial charge in [0, 0.05) is 25.1 Å². The summed E-state index contributed by atoms with van der Waals surface area (Å²) in [6, 6.07) is 27.8. The second kappa shape index (κ2) is 12.0. The molecule has 0 radical (unpaired) electrons. The summed E-state index contributed by atoms with van der Waals surface area (Å²) in [5.74, 6) is 1.29. The van der Waals surface area contributed by atoms with Crippen LogP contribution in [0.5, 0.6) is 11.5 Å². The highest BCUT2D eigenvalue weighted by atomic mass is 16.3. The van der Waals surface area contributed by atoms with Crippen LogP contribution < -0.4 is 11.1 Å². The highest BCUT2D eigenvalue weighted by Crippen LogP contribution is 2.42. The lowest BCUT2D eigenvalue weighted by molar-refractivity contribution is 0.0948. The third-order valence-electron chi connectivity index (χ3n) is 8.07. The topological polar surface area (TPSA) is 124 Å². The van der Waals surface area contributed by atoms with Crippen molar-refractivity contribution in [2.45, 2.75) is 51.4 Å². The lowest BCUT2D eigenvalue weighted by atomic mass is 9.93. The molecule has 0 fully saturated rings. The van der Waals surface area contributed by atoms with E-state index in [2.05, 4.69) is 40.3 Å². The summed E-state index contributed by atoms with van der Waals surface area (Å²) < 4.78 is 0. The zero-order chi connectivity index (χ0) is 29.9. The standard InChI is InChI=1S/C35H35N5O3/c1-2-3-11-31-39-32-33(27-9-4-5-10-29(27)38-34(32)36)40(31)21-23-14-12-22(13-15-23)20-37-35(43)28-17-16-25(19-30(28)42)24-7-6-8-26(41)18-24/h4-10,12-19,32-33,41-42H,2-3,11,20-21H2,1H3,(H2,36,38)(H,37,43). The summed E-state index contributed by atoms with van der Waals surface area (Å²) in [6.45, 7) is 3.20. The summed E-state index contributed by atoms with van der Waals surface area (Å²) >= 11 is 0. The molecule has 0 aromatic heterocycles. The number of benzene rings is 4. The third kappa shape index (κ3) is 5.81. The van der Waals surface area contributed by atoms with E-state index in [-0.39, 0.29) is 35.1 Å². The minimum absolute atomic E-state index is 0.0196. The van der Waals surface area contributed by atoms with Gasteiger partial charge in [0.2, 0.25) is 0 Å². The van der Waals surface area contributed by atoms with Gasteiger partial charge in [-0.15, -0.1) is 0 Å². The number of hydrogen-bond acceptors (Lipinski definition) is 7. The summed E-state index contributed by atoms with van der Waals surface area (Å²) in [4.78, 5) is 24.9. The van der Waals surface area contributed by atoms with E-state index in [0.717, 1.165) is 53.0 Å². The Labute approximate surface area is 251 Å². The van der Waals surface area contributed by atoms with Crippen molar-refractivity contribution in [3.05, 3.63) is 113 Å². The van der Waals surface area contributed by atoms with Gasteiger partial charge in [-0.2, -0.15) is 0 Å². The van der Waals surface area contributed by atoms with E-state index in [1.54, 1.807) is 30.3 Å². The molecule has 6 rings (SSSR count). The number of nitrogens with one attached hydrogen (secondary N) is 1. The molecule has 2 heterocycles. The first-order valence-electron chi connectivity index (χ1n) is 14.7. The Balaban J connectivity index is 1.13. The van der Waals surface area contributed by atoms with Crippen LogP contribution >= 0.6 is 0 Å². The minimum atomic E-state index is -0.362. The molecule has 2 aliphatic heterocycles. The molecule has 4 aromatic carbocycles. The first kappa shape index (κ1) is 28.0. The highest BCUT2D eigenvalue weighted by Gasteiger charge is 2.42. The summed E-state index contributed by atoms with van der Waals surface area (Å²) in [5, 5.41) is 23.2. The molecule has 8 heteroatoms. The van der Waals surface area contributed by atoms with Crippen LogP contribution in [0.25, 0.3) is 11.1 Å². The van der Waals surface area contributed by atoms with Crippen LogP contribution in [0.4, 0.5) is 5.69 Å². The van der Waals surface area contributed by atoms with Crippen molar-refractivity contribution in [3.8, 4) is 22.6 Å². The van der Waals surface area contributed by atoms with Crippen molar-refractivity contribution in [1.29, 1.82) is 0 Å². The van der Waals surface area contributed by atoms with Crippen LogP contribution in [0.3, 0.4) is 0 Å². The summed E-state index contributed by atoms with van der Waals surface area (Å²) in [5.41, 5.74) is 12.2. The molecular formula is C35H35N5O3. The van der Waals surface area contributed by atoms with E-state index < -0.39 is 0 Å². The van der Waals surface area contributed by atoms with Crippen LogP contribution in [-0.2, 0) is 13.1 Å². The maximum Gasteiger partial charge on any atom is 0.255 e. The summed E-state index contributed by atoms with van der Waals surface area (Å²) in [6.07, 6.45) is 3.03. The molecule has 0 aliphatic carbocycles. The van der Waals surface area contributed by atoms with Gasteiger partial charge in [0.1, 0.15) is 29.2 Å². The molecule has 5 N–H and O–H groups in total. The number of aliphatic imine (C=N–C) groups is 2. The predicted molar refractivity (Wildman–Crippen MR) is 170 cm³/mol. The van der Waals surface area contributed by atoms with Gasteiger partial charge in [0.05, 0.1) is 17.3 Å². The molecule has 0 saturated carbocycles. The molecule has 8 nitrogen and oxygen atoms in total. The molecule has 2 atom stereocenters. The molecule has 4 aromatic rings. The number of amidine groups is 2. The number of aromatic hydroxyl groups is 2. The lowest BCUT2D eigenvalue weighted by Crippen LogP contribution is -2.39. The molecule has 0 saturated heterocycles. The first-order chi connectivity index (χ1) is 20.9. The molecule has 0 bridgehead atoms. The van der Waals surface area contributed by atoms with Gasteiger partial charge in [0.25, 0.3) is 5.91 Å². The molecule has 43 heavy (non-hydrogen) atoms. The van der Waals surface area contributed by atoms with E-state index in [1.165, 1.54) is 6.07 Å². The van der Waals surface area contributed by atoms with Crippen LogP contribution in [-0.4, -0.2) is 38.7 Å². The zero-order valence-electron chi connectivity index (χ0n) is 24.1. The van der Waals surface area contributed by atoms with E-state index in [0.29, 0.717) is 24.5 Å². The fourth-order valence-electron chi connectivity index (χ4n) is 5.80. The van der Waals surface area contributed by atoms with E-state index in [4.69, 9.17) is 10.7 Å². The SMILES string of the molecule is CCCCC1=NC2C(N)=Nc3ccccc3C2N1Cc1ccc(CNC(=O)c2ccc(-c3cccc(O)c3)cc2O)cc1. The number of fused-ring (bicyclic) bond motifs is 3. The Morgan fingerprint density at radius 2 is 1.70 bits per heavy atom. The largest absolute Gasteiger partial charge is 0.508 e. The number of carbonyl (C=O) groups excluding carboxylic acids is 1. The van der Waals surface area contributed by atoms with Gasteiger partial charge in [-0.3, -0.25) is 9.79 Å². The van der Waals surface area contributed by atoms with Crippen molar-refractivity contribution >= 4 is 23.3 Å². The van der Waals surface area contributed by atoms with Gasteiger partial charge in [-0.25, -0.2) is 4.99 Å². The molecule has 218 valence electrons. The Morgan fingerprint density at radius 1 is 0.930 bits per heavy atom. The number of nitrogens with zero attached hydrogens (tertiary/aromatic N) is 3. The number of hydrogen-bond donors (Lipinski definition) is 4. The van der Waals surface area contributed by atoms with Crippen LogP contribution in [0.15, 0.2) is 101 Å². The number of amides is 1. The second-order valence-corrected chi connectivity index (χ2v) is 11.0. The fourth-order valence-corrected chi connectivity index (χ4v) is 5.80. The Bertz CT molecular complexity index is 1710. The Morgan fingerprint density at radius 3 is 2.47 bits per heavy atom. The maximum absolute atomic E-state index is 12.9. The van der Waals surface area contributed by atoms with Crippen molar-refractivity contribution < 1.29 is 15.0 Å². The number of rotatable bonds is 9. The van der Waals surface area contributed by atoms with Gasteiger partial charge in [-0.1, -0.05) is 74.0 Å². The maximum atomic E-state index is 12.9. The van der Waals surface area contributed by atoms with Gasteiger partial charge in [0.15, 0.2) is 0 Å². The molecule has 1 amide bonds. The van der Waals surface area contributed by atoms with Gasteiger partial charge in [-0.05, 0) is 59.0 Å². The smallest absolute Gasteiger partial charge is 0.255 e. The van der Waals surface area contributed by atoms with Crippen LogP contribution in [0.2, 0.25) is 0 Å². The van der Waals surface area contributed by atoms with Gasteiger partial charge >= 0.3 is 0 Å². The van der Waals surface area contributed by atoms with Crippen molar-refractivity contribution in [3.63, 3.8) is 0 Å². The average molecular weight is 574 g/mol. The minimum Gasteiger partial charge on any atom is -0.508 e. The summed E-state index contributed by atoms with van der Waals surface area (Å²) in [7, 11) is 0. The quantitative estimate of drug-likeness (QED) is 0.190. The third-order valence-corrected chi connectivity index (χ3v) is 8.07. The number of carbonyl (C=O) groups is 1. The molecule has 2 unspecified atom stereocenters. The van der Waals surface area contributed by atoms with Crippen LogP contribution in [0, 0.1) is 0 Å². The average Bonchev–Trinajstić information content (AvgIpc) is 3.38. The molecule has 2 aliphatic rings. The molecule has 0 spiro atoms. The monoisotopic (exact) mass is 573 g/mol. The fraction of sp³-hybridized carbons (Fsp3) is 0.229. The first-order valence-corrected chi connectivity index (χ1v) is 14.7. The van der Waals surface area contributed by atoms with E-state index in [1.807, 2.05) is 36.4 Å². The van der Waals surface area contributed by atoms with E-state index in [9.17, 15) is 15.0 Å². The number of para-hydroxylation sites is 1. The van der Waals surface area contributed by atoms with Crippen LogP contribution in [0.1, 0.15) is 59.3 Å². The number of phenolic OH excluding ortho intramolecular Hbond substituents is 2. The Hall–Kier alpha value is -5.11. The number of phenols is 2. The lowest BCUT2D eigenvalue weighted by Gasteiger charge is -2.33. The van der Waals surface area contributed by atoms with E-state index >= 15 is 0 Å². The number of unbranched alkanes of at least 4 members (excludes halogenated alkanes) is 1. The van der Waals surface area contributed by atoms with Crippen molar-refractivity contribution in [1.82, 2.24) is 10.2 Å². The van der Waals surface area contributed by atoms with Crippen molar-refractivity contribution in [2.24, 2.45) is 15.7 Å². The highest BCUT2D eigenvalue weighted by molar-refractivity contribution is 5.98. The molecular weight excluding hydrogens is 538 g/mol. The van der Waals surface area contributed by atoms with Crippen molar-refractivity contribution in [2.75, 3.05) is 0 Å². The van der Waals surface area contributed by atoms with Gasteiger partial charge < -0.3 is 26.2 Å². The number of nitrogens with two attached hydrogens (primary N) is 1. The normalized spacial score (nSPS) is 17.1.